The van der Waals surface area contributed by atoms with Crippen LogP contribution in [0.4, 0.5) is 10.1 Å². The molecule has 0 radical (unpaired) electrons. The predicted octanol–water partition coefficient (Wildman–Crippen LogP) is 3.38. The monoisotopic (exact) mass is 280 g/mol. The van der Waals surface area contributed by atoms with Gasteiger partial charge in [-0.05, 0) is 30.3 Å². The molecule has 2 N–H and O–H groups in total. The molecule has 0 aliphatic heterocycles. The highest BCUT2D eigenvalue weighted by Gasteiger charge is 2.12. The van der Waals surface area contributed by atoms with Crippen molar-refractivity contribution in [2.75, 3.05) is 5.73 Å². The van der Waals surface area contributed by atoms with Gasteiger partial charge >= 0.3 is 0 Å². The van der Waals surface area contributed by atoms with Gasteiger partial charge in [-0.1, -0.05) is 24.3 Å². The average Bonchev–Trinajstić information content (AvgIpc) is 2.49. The molecular formula is C17H13FN2O. The second kappa shape index (κ2) is 5.32. The molecule has 3 aromatic rings. The predicted molar refractivity (Wildman–Crippen MR) is 80.6 cm³/mol. The third-order valence-electron chi connectivity index (χ3n) is 3.31. The van der Waals surface area contributed by atoms with Gasteiger partial charge in [0.2, 0.25) is 0 Å². The van der Waals surface area contributed by atoms with E-state index in [9.17, 15) is 9.18 Å². The Kier molecular flexibility index (Phi) is 3.36. The molecule has 3 rings (SSSR count). The van der Waals surface area contributed by atoms with Gasteiger partial charge in [0.1, 0.15) is 5.82 Å². The first kappa shape index (κ1) is 13.2. The molecular weight excluding hydrogens is 267 g/mol. The van der Waals surface area contributed by atoms with Crippen molar-refractivity contribution in [3.63, 3.8) is 0 Å². The third kappa shape index (κ3) is 2.74. The fourth-order valence-electron chi connectivity index (χ4n) is 2.24. The van der Waals surface area contributed by atoms with Gasteiger partial charge in [-0.2, -0.15) is 0 Å². The molecule has 0 aliphatic rings. The van der Waals surface area contributed by atoms with E-state index in [4.69, 9.17) is 5.73 Å². The molecule has 1 aromatic heterocycles. The van der Waals surface area contributed by atoms with Crippen LogP contribution in [0.3, 0.4) is 0 Å². The molecule has 0 aliphatic carbocycles. The Morgan fingerprint density at radius 2 is 1.90 bits per heavy atom. The van der Waals surface area contributed by atoms with Crippen molar-refractivity contribution in [1.82, 2.24) is 4.98 Å². The number of aromatic nitrogens is 1. The first-order valence-electron chi connectivity index (χ1n) is 6.56. The van der Waals surface area contributed by atoms with Gasteiger partial charge in [0.25, 0.3) is 0 Å². The van der Waals surface area contributed by atoms with Crippen LogP contribution in [0.1, 0.15) is 16.1 Å². The molecule has 2 aromatic carbocycles. The number of Topliss-reactive ketones (excluding diaryl/α,β-unsaturated/α-hetero) is 1. The van der Waals surface area contributed by atoms with Gasteiger partial charge < -0.3 is 5.73 Å². The number of hydrogen-bond acceptors (Lipinski definition) is 3. The second-order valence-electron chi connectivity index (χ2n) is 4.83. The third-order valence-corrected chi connectivity index (χ3v) is 3.31. The summed E-state index contributed by atoms with van der Waals surface area (Å²) in [4.78, 5) is 16.7. The first-order chi connectivity index (χ1) is 10.1. The van der Waals surface area contributed by atoms with E-state index < -0.39 is 5.82 Å². The Hall–Kier alpha value is -2.75. The van der Waals surface area contributed by atoms with Crippen LogP contribution in [-0.2, 0) is 6.42 Å². The minimum atomic E-state index is -0.473. The Labute approximate surface area is 121 Å². The zero-order valence-electron chi connectivity index (χ0n) is 11.2. The van der Waals surface area contributed by atoms with Gasteiger partial charge in [0, 0.05) is 22.3 Å². The van der Waals surface area contributed by atoms with Crippen molar-refractivity contribution >= 4 is 22.4 Å². The van der Waals surface area contributed by atoms with E-state index in [0.717, 1.165) is 10.9 Å². The second-order valence-corrected chi connectivity index (χ2v) is 4.83. The standard InChI is InChI=1S/C17H13FN2O/c18-12-6-8-15(19)14(9-12)17(21)10-13-7-5-11-3-1-2-4-16(11)20-13/h1-9H,10,19H2. The number of rotatable bonds is 3. The van der Waals surface area contributed by atoms with Crippen molar-refractivity contribution in [1.29, 1.82) is 0 Å². The summed E-state index contributed by atoms with van der Waals surface area (Å²) < 4.78 is 13.2. The number of carbonyl (C=O) groups is 1. The number of halogens is 1. The number of pyridine rings is 1. The number of hydrogen-bond donors (Lipinski definition) is 1. The number of benzene rings is 2. The lowest BCUT2D eigenvalue weighted by molar-refractivity contribution is 0.0992. The molecule has 0 atom stereocenters. The topological polar surface area (TPSA) is 56.0 Å². The molecule has 0 saturated carbocycles. The maximum Gasteiger partial charge on any atom is 0.170 e. The van der Waals surface area contributed by atoms with Gasteiger partial charge in [0.15, 0.2) is 5.78 Å². The number of nitrogens with zero attached hydrogens (tertiary/aromatic N) is 1. The van der Waals surface area contributed by atoms with E-state index in [1.54, 1.807) is 6.07 Å². The molecule has 0 spiro atoms. The molecule has 0 bridgehead atoms. The summed E-state index contributed by atoms with van der Waals surface area (Å²) in [6.07, 6.45) is 0.0957. The largest absolute Gasteiger partial charge is 0.398 e. The average molecular weight is 280 g/mol. The fourth-order valence-corrected chi connectivity index (χ4v) is 2.24. The van der Waals surface area contributed by atoms with Crippen molar-refractivity contribution in [3.05, 3.63) is 71.7 Å². The maximum absolute atomic E-state index is 13.2. The van der Waals surface area contributed by atoms with Crippen LogP contribution in [0.25, 0.3) is 10.9 Å². The Morgan fingerprint density at radius 3 is 2.76 bits per heavy atom. The lowest BCUT2D eigenvalue weighted by Crippen LogP contribution is -2.08. The summed E-state index contributed by atoms with van der Waals surface area (Å²) in [6, 6.07) is 15.2. The first-order valence-corrected chi connectivity index (χ1v) is 6.56. The SMILES string of the molecule is Nc1ccc(F)cc1C(=O)Cc1ccc2ccccc2n1. The number of fused-ring (bicyclic) bond motifs is 1. The van der Waals surface area contributed by atoms with E-state index in [1.807, 2.05) is 30.3 Å². The van der Waals surface area contributed by atoms with Crippen LogP contribution in [0.2, 0.25) is 0 Å². The van der Waals surface area contributed by atoms with Crippen LogP contribution in [-0.4, -0.2) is 10.8 Å². The number of nitrogen functional groups attached to an aromatic ring is 1. The number of para-hydroxylation sites is 1. The number of anilines is 1. The summed E-state index contributed by atoms with van der Waals surface area (Å²) in [7, 11) is 0. The zero-order valence-corrected chi connectivity index (χ0v) is 11.2. The summed E-state index contributed by atoms with van der Waals surface area (Å²) in [5.41, 5.74) is 7.68. The summed E-state index contributed by atoms with van der Waals surface area (Å²) >= 11 is 0. The lowest BCUT2D eigenvalue weighted by Gasteiger charge is -2.06. The normalized spacial score (nSPS) is 10.7. The lowest BCUT2D eigenvalue weighted by atomic mass is 10.0. The highest BCUT2D eigenvalue weighted by Crippen LogP contribution is 2.17. The molecule has 0 unspecified atom stereocenters. The summed E-state index contributed by atoms with van der Waals surface area (Å²) in [5, 5.41) is 1.01. The molecule has 3 nitrogen and oxygen atoms in total. The van der Waals surface area contributed by atoms with Gasteiger partial charge in [-0.3, -0.25) is 9.78 Å². The van der Waals surface area contributed by atoms with Crippen LogP contribution in [0, 0.1) is 5.82 Å². The minimum Gasteiger partial charge on any atom is -0.398 e. The van der Waals surface area contributed by atoms with Crippen molar-refractivity contribution in [3.8, 4) is 0 Å². The van der Waals surface area contributed by atoms with Gasteiger partial charge in [-0.15, -0.1) is 0 Å². The van der Waals surface area contributed by atoms with Crippen LogP contribution >= 0.6 is 0 Å². The van der Waals surface area contributed by atoms with Crippen LogP contribution < -0.4 is 5.73 Å². The smallest absolute Gasteiger partial charge is 0.170 e. The number of carbonyl (C=O) groups excluding carboxylic acids is 1. The van der Waals surface area contributed by atoms with Gasteiger partial charge in [0.05, 0.1) is 11.9 Å². The molecule has 0 amide bonds. The minimum absolute atomic E-state index is 0.0957. The Bertz CT molecular complexity index is 830. The summed E-state index contributed by atoms with van der Waals surface area (Å²) in [5.74, 6) is -0.714. The van der Waals surface area contributed by atoms with Gasteiger partial charge in [-0.25, -0.2) is 4.39 Å². The Balaban J connectivity index is 1.90. The van der Waals surface area contributed by atoms with E-state index in [2.05, 4.69) is 4.98 Å². The van der Waals surface area contributed by atoms with Crippen molar-refractivity contribution < 1.29 is 9.18 Å². The van der Waals surface area contributed by atoms with E-state index in [1.165, 1.54) is 18.2 Å². The summed E-state index contributed by atoms with van der Waals surface area (Å²) in [6.45, 7) is 0. The van der Waals surface area contributed by atoms with Crippen molar-refractivity contribution in [2.45, 2.75) is 6.42 Å². The Morgan fingerprint density at radius 1 is 1.10 bits per heavy atom. The van der Waals surface area contributed by atoms with E-state index in [-0.39, 0.29) is 23.5 Å². The quantitative estimate of drug-likeness (QED) is 0.591. The molecule has 4 heteroatoms. The highest BCUT2D eigenvalue weighted by molar-refractivity contribution is 6.01. The maximum atomic E-state index is 13.2. The molecule has 21 heavy (non-hydrogen) atoms. The number of nitrogens with two attached hydrogens (primary N) is 1. The molecule has 104 valence electrons. The molecule has 1 heterocycles. The fraction of sp³-hybridized carbons (Fsp3) is 0.0588. The number of ketones is 1. The van der Waals surface area contributed by atoms with E-state index >= 15 is 0 Å². The van der Waals surface area contributed by atoms with E-state index in [0.29, 0.717) is 5.69 Å². The molecule has 0 fully saturated rings. The van der Waals surface area contributed by atoms with Crippen molar-refractivity contribution in [2.24, 2.45) is 0 Å². The van der Waals surface area contributed by atoms with Crippen LogP contribution in [0.5, 0.6) is 0 Å². The highest BCUT2D eigenvalue weighted by atomic mass is 19.1. The van der Waals surface area contributed by atoms with Crippen LogP contribution in [0.15, 0.2) is 54.6 Å². The molecule has 0 saturated heterocycles. The zero-order chi connectivity index (χ0) is 14.8.